The Hall–Kier alpha value is -0.840. The molecule has 1 nitrogen and oxygen atoms in total. The lowest BCUT2D eigenvalue weighted by atomic mass is 10.0. The Morgan fingerprint density at radius 3 is 2.95 bits per heavy atom. The van der Waals surface area contributed by atoms with Gasteiger partial charge in [0.05, 0.1) is 0 Å². The molecule has 3 rings (SSSR count). The number of hydrogen-bond acceptors (Lipinski definition) is 2. The van der Waals surface area contributed by atoms with Gasteiger partial charge in [0.25, 0.3) is 0 Å². The highest BCUT2D eigenvalue weighted by Gasteiger charge is 2.23. The zero-order valence-electron chi connectivity index (χ0n) is 11.8. The van der Waals surface area contributed by atoms with Gasteiger partial charge in [-0.15, -0.1) is 11.8 Å². The van der Waals surface area contributed by atoms with Gasteiger partial charge in [-0.3, -0.25) is 0 Å². The third-order valence-electron chi connectivity index (χ3n) is 3.81. The Morgan fingerprint density at radius 2 is 2.14 bits per heavy atom. The van der Waals surface area contributed by atoms with Crippen LogP contribution in [0.3, 0.4) is 0 Å². The van der Waals surface area contributed by atoms with E-state index in [0.717, 1.165) is 22.2 Å². The summed E-state index contributed by atoms with van der Waals surface area (Å²) in [5, 5.41) is 3.64. The van der Waals surface area contributed by atoms with Crippen LogP contribution in [0.5, 0.6) is 0 Å². The van der Waals surface area contributed by atoms with E-state index < -0.39 is 0 Å². The first kappa shape index (κ1) is 15.1. The Balaban J connectivity index is 1.81. The van der Waals surface area contributed by atoms with Crippen molar-refractivity contribution in [2.75, 3.05) is 5.75 Å². The van der Waals surface area contributed by atoms with E-state index in [1.807, 2.05) is 30.0 Å². The molecule has 1 heterocycles. The summed E-state index contributed by atoms with van der Waals surface area (Å²) in [5.41, 5.74) is 2.33. The summed E-state index contributed by atoms with van der Waals surface area (Å²) in [6, 6.07) is 13.9. The van der Waals surface area contributed by atoms with Gasteiger partial charge in [-0.25, -0.2) is 4.39 Å². The molecular weight excluding hydrogens is 349 g/mol. The van der Waals surface area contributed by atoms with Crippen molar-refractivity contribution in [3.8, 4) is 0 Å². The van der Waals surface area contributed by atoms with Crippen LogP contribution in [-0.2, 0) is 0 Å². The van der Waals surface area contributed by atoms with Crippen molar-refractivity contribution in [2.45, 2.75) is 30.3 Å². The Morgan fingerprint density at radius 1 is 1.29 bits per heavy atom. The van der Waals surface area contributed by atoms with E-state index in [4.69, 9.17) is 0 Å². The van der Waals surface area contributed by atoms with Gasteiger partial charge < -0.3 is 5.32 Å². The van der Waals surface area contributed by atoms with Crippen LogP contribution in [0.2, 0.25) is 0 Å². The summed E-state index contributed by atoms with van der Waals surface area (Å²) in [6.07, 6.45) is 1.03. The molecule has 0 amide bonds. The van der Waals surface area contributed by atoms with Crippen molar-refractivity contribution in [1.29, 1.82) is 0 Å². The highest BCUT2D eigenvalue weighted by atomic mass is 79.9. The van der Waals surface area contributed by atoms with E-state index in [2.05, 4.69) is 40.3 Å². The van der Waals surface area contributed by atoms with Crippen molar-refractivity contribution >= 4 is 27.7 Å². The number of fused-ring (bicyclic) bond motifs is 1. The molecule has 0 bridgehead atoms. The predicted octanol–water partition coefficient (Wildman–Crippen LogP) is 5.48. The molecule has 0 saturated carbocycles. The summed E-state index contributed by atoms with van der Waals surface area (Å²) in [4.78, 5) is 1.20. The van der Waals surface area contributed by atoms with Gasteiger partial charge in [-0.05, 0) is 60.6 Å². The molecule has 2 unspecified atom stereocenters. The Bertz CT molecular complexity index is 646. The standard InChI is InChI=1S/C17H17BrFNS/c1-11(12-3-2-4-13(18)9-12)20-16-7-8-21-17-6-5-14(19)10-15(16)17/h2-6,9-11,16,20H,7-8H2,1H3. The quantitative estimate of drug-likeness (QED) is 0.772. The lowest BCUT2D eigenvalue weighted by molar-refractivity contribution is 0.447. The Labute approximate surface area is 137 Å². The second-order valence-electron chi connectivity index (χ2n) is 5.32. The molecule has 1 aliphatic rings. The van der Waals surface area contributed by atoms with Gasteiger partial charge in [0.1, 0.15) is 5.82 Å². The van der Waals surface area contributed by atoms with E-state index in [9.17, 15) is 4.39 Å². The molecule has 0 spiro atoms. The highest BCUT2D eigenvalue weighted by molar-refractivity contribution is 9.10. The van der Waals surface area contributed by atoms with Crippen LogP contribution in [-0.4, -0.2) is 5.75 Å². The van der Waals surface area contributed by atoms with Crippen molar-refractivity contribution in [2.24, 2.45) is 0 Å². The molecule has 2 atom stereocenters. The highest BCUT2D eigenvalue weighted by Crippen LogP contribution is 2.37. The fraction of sp³-hybridized carbons (Fsp3) is 0.294. The molecule has 110 valence electrons. The minimum atomic E-state index is -0.154. The van der Waals surface area contributed by atoms with E-state index in [1.54, 1.807) is 12.1 Å². The maximum absolute atomic E-state index is 13.5. The molecule has 21 heavy (non-hydrogen) atoms. The van der Waals surface area contributed by atoms with Crippen LogP contribution < -0.4 is 5.32 Å². The van der Waals surface area contributed by atoms with E-state index in [0.29, 0.717) is 0 Å². The molecular formula is C17H17BrFNS. The molecule has 4 heteroatoms. The number of halogens is 2. The molecule has 0 radical (unpaired) electrons. The fourth-order valence-corrected chi connectivity index (χ4v) is 4.23. The first-order valence-electron chi connectivity index (χ1n) is 7.07. The lowest BCUT2D eigenvalue weighted by Crippen LogP contribution is -2.27. The van der Waals surface area contributed by atoms with Crippen LogP contribution in [0.25, 0.3) is 0 Å². The van der Waals surface area contributed by atoms with Crippen molar-refractivity contribution in [1.82, 2.24) is 5.32 Å². The van der Waals surface area contributed by atoms with Gasteiger partial charge in [-0.2, -0.15) is 0 Å². The van der Waals surface area contributed by atoms with Crippen LogP contribution in [0.1, 0.15) is 36.6 Å². The summed E-state index contributed by atoms with van der Waals surface area (Å²) in [6.45, 7) is 2.16. The maximum Gasteiger partial charge on any atom is 0.123 e. The Kier molecular flexibility index (Phi) is 4.67. The molecule has 0 aliphatic carbocycles. The van der Waals surface area contributed by atoms with Gasteiger partial charge in [-0.1, -0.05) is 28.1 Å². The van der Waals surface area contributed by atoms with E-state index in [1.165, 1.54) is 10.5 Å². The van der Waals surface area contributed by atoms with Crippen LogP contribution in [0, 0.1) is 5.82 Å². The van der Waals surface area contributed by atoms with Crippen molar-refractivity contribution in [3.63, 3.8) is 0 Å². The third kappa shape index (κ3) is 3.50. The normalized spacial score (nSPS) is 19.1. The minimum absolute atomic E-state index is 0.154. The largest absolute Gasteiger partial charge is 0.303 e. The molecule has 1 aliphatic heterocycles. The monoisotopic (exact) mass is 365 g/mol. The summed E-state index contributed by atoms with van der Waals surface area (Å²) in [7, 11) is 0. The topological polar surface area (TPSA) is 12.0 Å². The zero-order valence-corrected chi connectivity index (χ0v) is 14.2. The molecule has 0 saturated heterocycles. The second kappa shape index (κ2) is 6.51. The molecule has 0 fully saturated rings. The average molecular weight is 366 g/mol. The van der Waals surface area contributed by atoms with Gasteiger partial charge in [0.2, 0.25) is 0 Å². The number of hydrogen-bond donors (Lipinski definition) is 1. The minimum Gasteiger partial charge on any atom is -0.303 e. The first-order valence-corrected chi connectivity index (χ1v) is 8.85. The summed E-state index contributed by atoms with van der Waals surface area (Å²) in [5.74, 6) is 0.916. The van der Waals surface area contributed by atoms with Gasteiger partial charge in [0, 0.05) is 21.5 Å². The summed E-state index contributed by atoms with van der Waals surface area (Å²) >= 11 is 5.32. The van der Waals surface area contributed by atoms with E-state index >= 15 is 0 Å². The van der Waals surface area contributed by atoms with E-state index in [-0.39, 0.29) is 17.9 Å². The average Bonchev–Trinajstić information content (AvgIpc) is 2.48. The summed E-state index contributed by atoms with van der Waals surface area (Å²) < 4.78 is 14.6. The smallest absolute Gasteiger partial charge is 0.123 e. The number of benzene rings is 2. The SMILES string of the molecule is CC(NC1CCSc2ccc(F)cc21)c1cccc(Br)c1. The molecule has 2 aromatic rings. The number of nitrogens with one attached hydrogen (secondary N) is 1. The maximum atomic E-state index is 13.5. The zero-order chi connectivity index (χ0) is 14.8. The third-order valence-corrected chi connectivity index (χ3v) is 5.43. The first-order chi connectivity index (χ1) is 10.1. The van der Waals surface area contributed by atoms with Crippen LogP contribution in [0.15, 0.2) is 51.8 Å². The number of rotatable bonds is 3. The fourth-order valence-electron chi connectivity index (χ4n) is 2.71. The van der Waals surface area contributed by atoms with Gasteiger partial charge in [0.15, 0.2) is 0 Å². The molecule has 2 aromatic carbocycles. The number of thioether (sulfide) groups is 1. The lowest BCUT2D eigenvalue weighted by Gasteiger charge is -2.29. The molecule has 1 N–H and O–H groups in total. The second-order valence-corrected chi connectivity index (χ2v) is 7.37. The molecule has 0 aromatic heterocycles. The van der Waals surface area contributed by atoms with Gasteiger partial charge >= 0.3 is 0 Å². The predicted molar refractivity (Wildman–Crippen MR) is 90.2 cm³/mol. The van der Waals surface area contributed by atoms with Crippen LogP contribution in [0.4, 0.5) is 4.39 Å². The van der Waals surface area contributed by atoms with Crippen molar-refractivity contribution < 1.29 is 4.39 Å². The van der Waals surface area contributed by atoms with Crippen molar-refractivity contribution in [3.05, 3.63) is 63.9 Å². The van der Waals surface area contributed by atoms with Crippen LogP contribution >= 0.6 is 27.7 Å².